The quantitative estimate of drug-likeness (QED) is 0.0282. The van der Waals surface area contributed by atoms with Gasteiger partial charge in [0.05, 0.1) is 13.2 Å². The van der Waals surface area contributed by atoms with E-state index in [9.17, 15) is 19.2 Å². The summed E-state index contributed by atoms with van der Waals surface area (Å²) in [6.07, 6.45) is 44.4. The number of aliphatic carboxylic acids is 1. The molecule has 0 spiro atoms. The highest BCUT2D eigenvalue weighted by Gasteiger charge is 2.18. The van der Waals surface area contributed by atoms with Crippen molar-refractivity contribution in [1.82, 2.24) is 10.6 Å². The molecule has 0 radical (unpaired) electrons. The van der Waals surface area contributed by atoms with Crippen LogP contribution in [-0.4, -0.2) is 59.3 Å². The van der Waals surface area contributed by atoms with Crippen LogP contribution in [0.1, 0.15) is 181 Å². The Hall–Kier alpha value is -3.20. The van der Waals surface area contributed by atoms with Gasteiger partial charge in [-0.2, -0.15) is 0 Å². The normalized spacial score (nSPS) is 13.0. The van der Waals surface area contributed by atoms with Crippen molar-refractivity contribution in [1.29, 1.82) is 0 Å². The third kappa shape index (κ3) is 35.6. The summed E-state index contributed by atoms with van der Waals surface area (Å²) < 4.78 is 5.91. The van der Waals surface area contributed by atoms with Crippen LogP contribution in [0.2, 0.25) is 0 Å². The number of allylic oxidation sites excluding steroid dienone is 7. The number of esters is 1. The number of carboxylic acid groups (broad SMARTS) is 1. The molecule has 0 saturated carbocycles. The molecular formula is C44H76N2O7. The Morgan fingerprint density at radius 1 is 0.604 bits per heavy atom. The van der Waals surface area contributed by atoms with Gasteiger partial charge >= 0.3 is 11.9 Å². The number of carbonyl (C=O) groups excluding carboxylic acids is 3. The highest BCUT2D eigenvalue weighted by molar-refractivity contribution is 5.87. The third-order valence-corrected chi connectivity index (χ3v) is 9.04. The number of rotatable bonds is 37. The maximum absolute atomic E-state index is 12.7. The Kier molecular flexibility index (Phi) is 36.2. The van der Waals surface area contributed by atoms with Crippen LogP contribution >= 0.6 is 0 Å². The molecule has 2 unspecified atom stereocenters. The van der Waals surface area contributed by atoms with E-state index < -0.39 is 24.5 Å². The van der Waals surface area contributed by atoms with Gasteiger partial charge in [0.2, 0.25) is 11.8 Å². The minimum atomic E-state index is -1.39. The zero-order valence-corrected chi connectivity index (χ0v) is 33.5. The minimum absolute atomic E-state index is 0.121. The van der Waals surface area contributed by atoms with Crippen molar-refractivity contribution in [2.45, 2.75) is 193 Å². The zero-order valence-electron chi connectivity index (χ0n) is 33.5. The minimum Gasteiger partial charge on any atom is -0.480 e. The van der Waals surface area contributed by atoms with Crippen molar-refractivity contribution in [2.24, 2.45) is 0 Å². The number of hydrogen-bond donors (Lipinski definition) is 4. The van der Waals surface area contributed by atoms with Gasteiger partial charge in [0.25, 0.3) is 0 Å². The first kappa shape index (κ1) is 49.8. The van der Waals surface area contributed by atoms with Crippen LogP contribution in [-0.2, 0) is 23.9 Å². The van der Waals surface area contributed by atoms with Gasteiger partial charge in [0.15, 0.2) is 0 Å². The fraction of sp³-hybridized carbons (Fsp3) is 0.727. The Morgan fingerprint density at radius 3 is 1.74 bits per heavy atom. The third-order valence-electron chi connectivity index (χ3n) is 9.04. The summed E-state index contributed by atoms with van der Waals surface area (Å²) >= 11 is 0. The van der Waals surface area contributed by atoms with Crippen LogP contribution < -0.4 is 10.6 Å². The molecule has 0 aliphatic rings. The average Bonchev–Trinajstić information content (AvgIpc) is 3.14. The smallest absolute Gasteiger partial charge is 0.328 e. The molecule has 0 heterocycles. The number of carbonyl (C=O) groups is 4. The van der Waals surface area contributed by atoms with E-state index in [0.29, 0.717) is 12.8 Å². The maximum Gasteiger partial charge on any atom is 0.328 e. The van der Waals surface area contributed by atoms with Crippen LogP contribution in [0.15, 0.2) is 48.6 Å². The van der Waals surface area contributed by atoms with E-state index in [1.165, 1.54) is 64.2 Å². The molecule has 0 saturated heterocycles. The monoisotopic (exact) mass is 745 g/mol. The van der Waals surface area contributed by atoms with Gasteiger partial charge in [-0.05, 0) is 76.7 Å². The first-order chi connectivity index (χ1) is 25.8. The molecule has 0 bridgehead atoms. The standard InChI is InChI=1S/C44H76N2O7/c1-3-5-7-9-11-13-14-15-16-17-18-19-20-22-24-26-32-36-43(50)53-39(33-29-25-23-21-12-10-8-6-4-2)34-30-27-28-31-35-41(48)45-37-42(49)46-40(38-47)44(51)52/h5,7,11,13,15-16,29,33,39-40,47H,3-4,6,8-10,12,14,17-28,30-32,34-38H2,1-2H3,(H,45,48)(H,46,49)(H,51,52)/b7-5-,13-11-,16-15-,33-29-. The predicted octanol–water partition coefficient (Wildman–Crippen LogP) is 9.98. The number of hydrogen-bond acceptors (Lipinski definition) is 6. The first-order valence-electron chi connectivity index (χ1n) is 21.0. The molecular weight excluding hydrogens is 668 g/mol. The van der Waals surface area contributed by atoms with E-state index >= 15 is 0 Å². The lowest BCUT2D eigenvalue weighted by atomic mass is 10.1. The van der Waals surface area contributed by atoms with Crippen molar-refractivity contribution in [3.8, 4) is 0 Å². The molecule has 0 aliphatic carbocycles. The summed E-state index contributed by atoms with van der Waals surface area (Å²) in [5.41, 5.74) is 0. The largest absolute Gasteiger partial charge is 0.480 e. The van der Waals surface area contributed by atoms with Gasteiger partial charge in [0, 0.05) is 12.8 Å². The number of aliphatic hydroxyl groups excluding tert-OH is 1. The average molecular weight is 745 g/mol. The second-order valence-electron chi connectivity index (χ2n) is 14.0. The van der Waals surface area contributed by atoms with Crippen molar-refractivity contribution >= 4 is 23.8 Å². The van der Waals surface area contributed by atoms with E-state index in [0.717, 1.165) is 83.5 Å². The molecule has 0 aromatic heterocycles. The molecule has 9 heteroatoms. The molecule has 0 rings (SSSR count). The second kappa shape index (κ2) is 38.5. The first-order valence-corrected chi connectivity index (χ1v) is 21.0. The van der Waals surface area contributed by atoms with E-state index in [1.54, 1.807) is 0 Å². The highest BCUT2D eigenvalue weighted by atomic mass is 16.5. The highest BCUT2D eigenvalue weighted by Crippen LogP contribution is 2.15. The van der Waals surface area contributed by atoms with E-state index in [-0.39, 0.29) is 30.9 Å². The number of carboxylic acids is 1. The molecule has 0 aromatic rings. The lowest BCUT2D eigenvalue weighted by molar-refractivity contribution is -0.147. The zero-order chi connectivity index (χ0) is 39.0. The number of unbranched alkanes of at least 4 members (excludes halogenated alkanes) is 17. The van der Waals surface area contributed by atoms with Gasteiger partial charge in [0.1, 0.15) is 12.1 Å². The van der Waals surface area contributed by atoms with Gasteiger partial charge in [-0.3, -0.25) is 14.4 Å². The molecule has 0 aromatic carbocycles. The second-order valence-corrected chi connectivity index (χ2v) is 14.0. The van der Waals surface area contributed by atoms with E-state index in [2.05, 4.69) is 73.1 Å². The molecule has 4 N–H and O–H groups in total. The van der Waals surface area contributed by atoms with Crippen LogP contribution in [0.4, 0.5) is 0 Å². The van der Waals surface area contributed by atoms with Gasteiger partial charge in [-0.15, -0.1) is 0 Å². The summed E-state index contributed by atoms with van der Waals surface area (Å²) in [6.45, 7) is 3.33. The Bertz CT molecular complexity index is 1040. The number of nitrogens with one attached hydrogen (secondary N) is 2. The van der Waals surface area contributed by atoms with Crippen molar-refractivity contribution < 1.29 is 34.1 Å². The Balaban J connectivity index is 4.31. The summed E-state index contributed by atoms with van der Waals surface area (Å²) in [5, 5.41) is 22.5. The SMILES string of the molecule is CC/C=C\C/C=C\C/C=C\CCCCCCCCCC(=O)OC(/C=C\CCCCCCCCC)CCCCCCC(=O)NCC(=O)NC(CO)C(=O)O. The van der Waals surface area contributed by atoms with Crippen LogP contribution in [0, 0.1) is 0 Å². The summed E-state index contributed by atoms with van der Waals surface area (Å²) in [4.78, 5) is 47.5. The summed E-state index contributed by atoms with van der Waals surface area (Å²) in [7, 11) is 0. The molecule has 2 atom stereocenters. The van der Waals surface area contributed by atoms with Crippen LogP contribution in [0.5, 0.6) is 0 Å². The van der Waals surface area contributed by atoms with Crippen molar-refractivity contribution in [3.63, 3.8) is 0 Å². The lowest BCUT2D eigenvalue weighted by Gasteiger charge is -2.15. The fourth-order valence-corrected chi connectivity index (χ4v) is 5.81. The Labute approximate surface area is 322 Å². The van der Waals surface area contributed by atoms with Gasteiger partial charge in [-0.25, -0.2) is 4.79 Å². The predicted molar refractivity (Wildman–Crippen MR) is 217 cm³/mol. The molecule has 0 fully saturated rings. The van der Waals surface area contributed by atoms with E-state index in [4.69, 9.17) is 14.9 Å². The van der Waals surface area contributed by atoms with Gasteiger partial charge < -0.3 is 25.6 Å². The maximum atomic E-state index is 12.7. The van der Waals surface area contributed by atoms with Crippen molar-refractivity contribution in [2.75, 3.05) is 13.2 Å². The molecule has 304 valence electrons. The Morgan fingerprint density at radius 2 is 1.13 bits per heavy atom. The summed E-state index contributed by atoms with van der Waals surface area (Å²) in [6, 6.07) is -1.39. The number of aliphatic hydroxyl groups is 1. The van der Waals surface area contributed by atoms with Gasteiger partial charge in [-0.1, -0.05) is 140 Å². The van der Waals surface area contributed by atoms with Crippen LogP contribution in [0.3, 0.4) is 0 Å². The fourth-order valence-electron chi connectivity index (χ4n) is 5.81. The molecule has 9 nitrogen and oxygen atoms in total. The number of ether oxygens (including phenoxy) is 1. The topological polar surface area (TPSA) is 142 Å². The van der Waals surface area contributed by atoms with Crippen LogP contribution in [0.25, 0.3) is 0 Å². The molecule has 53 heavy (non-hydrogen) atoms. The molecule has 2 amide bonds. The number of amides is 2. The lowest BCUT2D eigenvalue weighted by Crippen LogP contribution is -2.47. The van der Waals surface area contributed by atoms with E-state index in [1.807, 2.05) is 0 Å². The molecule has 0 aliphatic heterocycles. The van der Waals surface area contributed by atoms with Crippen molar-refractivity contribution in [3.05, 3.63) is 48.6 Å². The summed E-state index contributed by atoms with van der Waals surface area (Å²) in [5.74, 6) is -2.41.